The van der Waals surface area contributed by atoms with Gasteiger partial charge in [-0.05, 0) is 62.7 Å². The van der Waals surface area contributed by atoms with Crippen molar-refractivity contribution in [1.82, 2.24) is 15.2 Å². The van der Waals surface area contributed by atoms with Gasteiger partial charge in [-0.25, -0.2) is 4.98 Å². The Morgan fingerprint density at radius 3 is 1.62 bits per heavy atom. The van der Waals surface area contributed by atoms with Gasteiger partial charge < -0.3 is 0 Å². The number of benzene rings is 7. The molecule has 0 amide bonds. The minimum absolute atomic E-state index is 0.414. The topological polar surface area (TPSA) is 38.7 Å². The maximum atomic E-state index is 5.18. The van der Waals surface area contributed by atoms with E-state index in [0.29, 0.717) is 5.82 Å². The Bertz CT molecular complexity index is 2530. The van der Waals surface area contributed by atoms with Crippen molar-refractivity contribution < 1.29 is 0 Å². The average molecular weight is 656 g/mol. The van der Waals surface area contributed by atoms with Crippen molar-refractivity contribution >= 4 is 11.8 Å². The Hall–Kier alpha value is -6.10. The van der Waals surface area contributed by atoms with E-state index in [1.54, 1.807) is 0 Å². The van der Waals surface area contributed by atoms with Crippen LogP contribution in [0.2, 0.25) is 0 Å². The number of aromatic nitrogens is 3. The van der Waals surface area contributed by atoms with Crippen LogP contribution in [0.1, 0.15) is 22.3 Å². The maximum absolute atomic E-state index is 5.18. The van der Waals surface area contributed by atoms with E-state index in [1.807, 2.05) is 48.2 Å². The lowest BCUT2D eigenvalue weighted by Crippen LogP contribution is -2.31. The van der Waals surface area contributed by atoms with Gasteiger partial charge in [-0.15, -0.1) is 10.2 Å². The number of hydrogen-bond acceptors (Lipinski definition) is 4. The van der Waals surface area contributed by atoms with Crippen molar-refractivity contribution in [2.75, 3.05) is 0 Å². The molecule has 0 bridgehead atoms. The fraction of sp³-hybridized carbons (Fsp3) is 0.0217. The third kappa shape index (κ3) is 4.28. The fourth-order valence-electron chi connectivity index (χ4n) is 8.01. The molecule has 1 aliphatic carbocycles. The van der Waals surface area contributed by atoms with E-state index in [9.17, 15) is 0 Å². The largest absolute Gasteiger partial charge is 0.224 e. The zero-order valence-electron chi connectivity index (χ0n) is 27.0. The van der Waals surface area contributed by atoms with Gasteiger partial charge in [-0.3, -0.25) is 0 Å². The van der Waals surface area contributed by atoms with Crippen LogP contribution in [0.25, 0.3) is 56.2 Å². The first-order valence-electron chi connectivity index (χ1n) is 16.9. The highest BCUT2D eigenvalue weighted by Crippen LogP contribution is 2.63. The van der Waals surface area contributed by atoms with Gasteiger partial charge in [-0.1, -0.05) is 169 Å². The van der Waals surface area contributed by atoms with Crippen molar-refractivity contribution in [2.24, 2.45) is 0 Å². The van der Waals surface area contributed by atoms with E-state index >= 15 is 0 Å². The molecule has 0 atom stereocenters. The average Bonchev–Trinajstić information content (AvgIpc) is 3.49. The molecule has 0 saturated carbocycles. The molecular weight excluding hydrogens is 627 g/mol. The molecule has 0 fully saturated rings. The molecule has 0 unspecified atom stereocenters. The van der Waals surface area contributed by atoms with Gasteiger partial charge >= 0.3 is 0 Å². The Morgan fingerprint density at radius 1 is 0.380 bits per heavy atom. The van der Waals surface area contributed by atoms with Crippen molar-refractivity contribution in [3.8, 4) is 56.2 Å². The summed E-state index contributed by atoms with van der Waals surface area (Å²) in [5.41, 5.74) is 14.3. The minimum atomic E-state index is -0.414. The van der Waals surface area contributed by atoms with Crippen molar-refractivity contribution in [2.45, 2.75) is 15.2 Å². The summed E-state index contributed by atoms with van der Waals surface area (Å²) in [6.45, 7) is 0. The molecule has 1 aliphatic heterocycles. The lowest BCUT2D eigenvalue weighted by atomic mass is 9.67. The van der Waals surface area contributed by atoms with Crippen LogP contribution < -0.4 is 0 Å². The van der Waals surface area contributed by atoms with Gasteiger partial charge in [0.1, 0.15) is 11.4 Å². The van der Waals surface area contributed by atoms with Crippen LogP contribution in [0.3, 0.4) is 0 Å². The van der Waals surface area contributed by atoms with Crippen LogP contribution in [-0.4, -0.2) is 15.2 Å². The summed E-state index contributed by atoms with van der Waals surface area (Å²) in [6.07, 6.45) is 0. The van der Waals surface area contributed by atoms with Crippen molar-refractivity contribution in [1.29, 1.82) is 0 Å². The first-order valence-corrected chi connectivity index (χ1v) is 17.7. The van der Waals surface area contributed by atoms with Gasteiger partial charge in [0.15, 0.2) is 5.82 Å². The molecule has 2 heterocycles. The molecule has 0 N–H and O–H groups in total. The monoisotopic (exact) mass is 655 g/mol. The van der Waals surface area contributed by atoms with Crippen LogP contribution in [0.15, 0.2) is 186 Å². The molecule has 3 nitrogen and oxygen atoms in total. The third-order valence-electron chi connectivity index (χ3n) is 10.1. The lowest BCUT2D eigenvalue weighted by molar-refractivity contribution is 0.722. The molecule has 7 aromatic carbocycles. The van der Waals surface area contributed by atoms with E-state index in [-0.39, 0.29) is 0 Å². The molecule has 1 aromatic heterocycles. The number of nitrogens with zero attached hydrogens (tertiary/aromatic N) is 3. The number of hydrogen-bond donors (Lipinski definition) is 0. The van der Waals surface area contributed by atoms with Gasteiger partial charge in [0.2, 0.25) is 0 Å². The summed E-state index contributed by atoms with van der Waals surface area (Å²) in [7, 11) is 0. The summed E-state index contributed by atoms with van der Waals surface area (Å²) in [5, 5.41) is 9.49. The van der Waals surface area contributed by atoms with E-state index < -0.39 is 5.41 Å². The van der Waals surface area contributed by atoms with Crippen molar-refractivity contribution in [3.63, 3.8) is 0 Å². The summed E-state index contributed by atoms with van der Waals surface area (Å²) < 4.78 is 0. The zero-order valence-corrected chi connectivity index (χ0v) is 27.8. The predicted molar refractivity (Wildman–Crippen MR) is 203 cm³/mol. The lowest BCUT2D eigenvalue weighted by Gasteiger charge is -2.39. The minimum Gasteiger partial charge on any atom is -0.224 e. The summed E-state index contributed by atoms with van der Waals surface area (Å²) in [4.78, 5) is 7.78. The Morgan fingerprint density at radius 2 is 0.900 bits per heavy atom. The second-order valence-corrected chi connectivity index (χ2v) is 13.8. The molecule has 2 aliphatic rings. The molecule has 234 valence electrons. The quantitative estimate of drug-likeness (QED) is 0.189. The Kier molecular flexibility index (Phi) is 6.64. The van der Waals surface area contributed by atoms with Crippen LogP contribution in [0.5, 0.6) is 0 Å². The number of fused-ring (bicyclic) bond motifs is 9. The molecule has 0 radical (unpaired) electrons. The normalized spacial score (nSPS) is 13.3. The summed E-state index contributed by atoms with van der Waals surface area (Å²) >= 11 is 1.87. The van der Waals surface area contributed by atoms with E-state index in [1.165, 1.54) is 48.7 Å². The third-order valence-corrected chi connectivity index (χ3v) is 11.2. The second-order valence-electron chi connectivity index (χ2n) is 12.8. The van der Waals surface area contributed by atoms with Gasteiger partial charge in [0.25, 0.3) is 0 Å². The van der Waals surface area contributed by atoms with Gasteiger partial charge in [0, 0.05) is 26.5 Å². The number of rotatable bonds is 4. The van der Waals surface area contributed by atoms with Crippen LogP contribution in [0.4, 0.5) is 0 Å². The van der Waals surface area contributed by atoms with Crippen LogP contribution >= 0.6 is 11.8 Å². The SMILES string of the molecule is c1ccc(-c2nnc(-c3cccc(-c4cccc5c4-c4ccccc4C54c5ccccc5Sc5ccccc54)c3)nc2-c2ccccc2)cc1. The second kappa shape index (κ2) is 11.5. The van der Waals surface area contributed by atoms with Gasteiger partial charge in [0.05, 0.1) is 5.41 Å². The van der Waals surface area contributed by atoms with Crippen molar-refractivity contribution in [3.05, 3.63) is 198 Å². The molecule has 8 aromatic rings. The first-order chi connectivity index (χ1) is 24.8. The van der Waals surface area contributed by atoms with E-state index in [2.05, 4.69) is 140 Å². The first kappa shape index (κ1) is 28.9. The molecule has 1 spiro atoms. The Balaban J connectivity index is 1.17. The van der Waals surface area contributed by atoms with Crippen LogP contribution in [0, 0.1) is 0 Å². The van der Waals surface area contributed by atoms with Crippen LogP contribution in [-0.2, 0) is 5.41 Å². The molecule has 0 saturated heterocycles. The standard InChI is InChI=1S/C46H29N3S/c1-3-15-30(16-4-1)43-44(31-17-5-2-6-18-31)48-49-45(47-43)33-20-13-19-32(29-33)34-22-14-26-39-42(34)35-21-7-8-23-36(35)46(39)37-24-9-11-27-40(37)50-41-28-12-10-25-38(41)46/h1-29H. The fourth-order valence-corrected chi connectivity index (χ4v) is 9.20. The highest BCUT2D eigenvalue weighted by Gasteiger charge is 2.50. The summed E-state index contributed by atoms with van der Waals surface area (Å²) in [5.74, 6) is 0.599. The smallest absolute Gasteiger partial charge is 0.182 e. The zero-order chi connectivity index (χ0) is 33.1. The van der Waals surface area contributed by atoms with Gasteiger partial charge in [-0.2, -0.15) is 0 Å². The van der Waals surface area contributed by atoms with E-state index in [4.69, 9.17) is 15.2 Å². The van der Waals surface area contributed by atoms with E-state index in [0.717, 1.165) is 33.6 Å². The molecule has 50 heavy (non-hydrogen) atoms. The Labute approximate surface area is 295 Å². The highest BCUT2D eigenvalue weighted by atomic mass is 32.2. The molecule has 4 heteroatoms. The molecular formula is C46H29N3S. The highest BCUT2D eigenvalue weighted by molar-refractivity contribution is 7.99. The predicted octanol–water partition coefficient (Wildman–Crippen LogP) is 11.4. The maximum Gasteiger partial charge on any atom is 0.182 e. The summed E-state index contributed by atoms with van der Waals surface area (Å²) in [6, 6.07) is 62.7. The molecule has 10 rings (SSSR count).